The number of carboxylic acid groups (broad SMARTS) is 1. The first-order valence-corrected chi connectivity index (χ1v) is 7.81. The predicted molar refractivity (Wildman–Crippen MR) is 96.3 cm³/mol. The van der Waals surface area contributed by atoms with Crippen molar-refractivity contribution in [1.29, 1.82) is 0 Å². The molecule has 1 heterocycles. The van der Waals surface area contributed by atoms with Crippen LogP contribution in [0.25, 0.3) is 22.2 Å². The topological polar surface area (TPSA) is 76.2 Å². The molecule has 0 atom stereocenters. The Hall–Kier alpha value is -1.86. The lowest BCUT2D eigenvalue weighted by Crippen LogP contribution is -2.07. The number of fused-ring (bicyclic) bond motifs is 1. The molecule has 0 saturated heterocycles. The van der Waals surface area contributed by atoms with Gasteiger partial charge in [-0.05, 0) is 52.9 Å². The number of aromatic carboxylic acids is 1. The van der Waals surface area contributed by atoms with E-state index < -0.39 is 5.97 Å². The summed E-state index contributed by atoms with van der Waals surface area (Å²) in [5.74, 6) is -1.10. The van der Waals surface area contributed by atoms with E-state index in [1.807, 2.05) is 24.3 Å². The Labute approximate surface area is 145 Å². The Morgan fingerprint density at radius 2 is 1.86 bits per heavy atom. The third-order valence-electron chi connectivity index (χ3n) is 3.32. The number of hydrogen-bond donors (Lipinski definition) is 2. The molecular weight excluding hydrogens is 415 g/mol. The van der Waals surface area contributed by atoms with Crippen LogP contribution in [0.4, 0.5) is 5.69 Å². The van der Waals surface area contributed by atoms with Crippen LogP contribution in [0.5, 0.6) is 0 Å². The maximum atomic E-state index is 11.6. The van der Waals surface area contributed by atoms with Crippen molar-refractivity contribution >= 4 is 56.8 Å². The van der Waals surface area contributed by atoms with Gasteiger partial charge in [0.2, 0.25) is 0 Å². The third kappa shape index (κ3) is 2.62. The van der Waals surface area contributed by atoms with Gasteiger partial charge in [-0.1, -0.05) is 23.7 Å². The maximum absolute atomic E-state index is 11.6. The molecular formula is C16H10ClIN2O2. The van der Waals surface area contributed by atoms with Crippen LogP contribution in [0.1, 0.15) is 10.4 Å². The number of carbonyl (C=O) groups is 1. The summed E-state index contributed by atoms with van der Waals surface area (Å²) >= 11 is 8.16. The summed E-state index contributed by atoms with van der Waals surface area (Å²) in [5, 5.41) is 10.4. The van der Waals surface area contributed by atoms with Crippen molar-refractivity contribution in [3.05, 3.63) is 56.6 Å². The zero-order valence-corrected chi connectivity index (χ0v) is 14.1. The number of nitrogens with zero attached hydrogens (tertiary/aromatic N) is 1. The van der Waals surface area contributed by atoms with Crippen LogP contribution < -0.4 is 5.73 Å². The molecule has 22 heavy (non-hydrogen) atoms. The average molecular weight is 425 g/mol. The molecule has 110 valence electrons. The lowest BCUT2D eigenvalue weighted by atomic mass is 10.0. The van der Waals surface area contributed by atoms with Crippen LogP contribution in [0.15, 0.2) is 42.5 Å². The normalized spacial score (nSPS) is 10.8. The van der Waals surface area contributed by atoms with Crippen LogP contribution in [0.2, 0.25) is 5.02 Å². The first-order chi connectivity index (χ1) is 10.5. The van der Waals surface area contributed by atoms with Crippen LogP contribution in [-0.4, -0.2) is 16.1 Å². The van der Waals surface area contributed by atoms with Crippen LogP contribution in [0, 0.1) is 3.57 Å². The maximum Gasteiger partial charge on any atom is 0.338 e. The molecule has 4 nitrogen and oxygen atoms in total. The van der Waals surface area contributed by atoms with Gasteiger partial charge in [0.15, 0.2) is 0 Å². The number of halogens is 2. The minimum atomic E-state index is -1.10. The molecule has 3 rings (SSSR count). The molecule has 1 aromatic heterocycles. The van der Waals surface area contributed by atoms with Crippen LogP contribution in [-0.2, 0) is 0 Å². The van der Waals surface area contributed by atoms with Gasteiger partial charge in [0.1, 0.15) is 0 Å². The molecule has 6 heteroatoms. The number of anilines is 1. The van der Waals surface area contributed by atoms with Crippen molar-refractivity contribution in [2.75, 3.05) is 5.73 Å². The Morgan fingerprint density at radius 3 is 2.50 bits per heavy atom. The Bertz CT molecular complexity index is 895. The second-order valence-corrected chi connectivity index (χ2v) is 6.40. The van der Waals surface area contributed by atoms with Crippen molar-refractivity contribution in [2.24, 2.45) is 0 Å². The van der Waals surface area contributed by atoms with Gasteiger partial charge in [0, 0.05) is 19.5 Å². The number of nitrogen functional groups attached to an aromatic ring is 1. The monoisotopic (exact) mass is 424 g/mol. The van der Waals surface area contributed by atoms with E-state index in [0.717, 1.165) is 9.13 Å². The molecule has 0 unspecified atom stereocenters. The van der Waals surface area contributed by atoms with Gasteiger partial charge in [-0.15, -0.1) is 0 Å². The zero-order valence-electron chi connectivity index (χ0n) is 11.2. The smallest absolute Gasteiger partial charge is 0.338 e. The predicted octanol–water partition coefficient (Wildman–Crippen LogP) is 4.44. The summed E-state index contributed by atoms with van der Waals surface area (Å²) in [5.41, 5.74) is 8.04. The van der Waals surface area contributed by atoms with E-state index in [1.165, 1.54) is 0 Å². The van der Waals surface area contributed by atoms with E-state index in [2.05, 4.69) is 27.6 Å². The SMILES string of the molecule is Nc1c(-c2ccc(I)cc2)nc2ccc(Cl)cc2c1C(=O)O. The molecule has 0 amide bonds. The Morgan fingerprint density at radius 1 is 1.18 bits per heavy atom. The molecule has 0 spiro atoms. The van der Waals surface area contributed by atoms with Gasteiger partial charge >= 0.3 is 5.97 Å². The van der Waals surface area contributed by atoms with E-state index in [4.69, 9.17) is 17.3 Å². The van der Waals surface area contributed by atoms with Crippen molar-refractivity contribution in [2.45, 2.75) is 0 Å². The van der Waals surface area contributed by atoms with E-state index in [0.29, 0.717) is 21.6 Å². The second-order valence-electron chi connectivity index (χ2n) is 4.72. The van der Waals surface area contributed by atoms with E-state index in [1.54, 1.807) is 18.2 Å². The van der Waals surface area contributed by atoms with Crippen molar-refractivity contribution in [3.8, 4) is 11.3 Å². The molecule has 2 aromatic carbocycles. The molecule has 3 N–H and O–H groups in total. The fraction of sp³-hybridized carbons (Fsp3) is 0. The Kier molecular flexibility index (Phi) is 3.92. The highest BCUT2D eigenvalue weighted by Crippen LogP contribution is 2.33. The molecule has 0 fully saturated rings. The highest BCUT2D eigenvalue weighted by molar-refractivity contribution is 14.1. The Balaban J connectivity index is 2.37. The number of nitrogens with two attached hydrogens (primary N) is 1. The summed E-state index contributed by atoms with van der Waals surface area (Å²) in [4.78, 5) is 16.1. The van der Waals surface area contributed by atoms with Gasteiger partial charge in [-0.25, -0.2) is 9.78 Å². The molecule has 0 bridgehead atoms. The van der Waals surface area contributed by atoms with Crippen molar-refractivity contribution in [1.82, 2.24) is 4.98 Å². The zero-order chi connectivity index (χ0) is 15.9. The van der Waals surface area contributed by atoms with Gasteiger partial charge < -0.3 is 10.8 Å². The van der Waals surface area contributed by atoms with Gasteiger partial charge in [-0.3, -0.25) is 0 Å². The summed E-state index contributed by atoms with van der Waals surface area (Å²) in [7, 11) is 0. The largest absolute Gasteiger partial charge is 0.478 e. The number of hydrogen-bond acceptors (Lipinski definition) is 3. The summed E-state index contributed by atoms with van der Waals surface area (Å²) in [6.07, 6.45) is 0. The van der Waals surface area contributed by atoms with Gasteiger partial charge in [0.25, 0.3) is 0 Å². The van der Waals surface area contributed by atoms with E-state index in [9.17, 15) is 9.90 Å². The summed E-state index contributed by atoms with van der Waals surface area (Å²) in [6, 6.07) is 12.5. The molecule has 3 aromatic rings. The van der Waals surface area contributed by atoms with Crippen LogP contribution in [0.3, 0.4) is 0 Å². The third-order valence-corrected chi connectivity index (χ3v) is 4.27. The number of carboxylic acids is 1. The number of benzene rings is 2. The lowest BCUT2D eigenvalue weighted by Gasteiger charge is -2.12. The summed E-state index contributed by atoms with van der Waals surface area (Å²) < 4.78 is 1.07. The van der Waals surface area contributed by atoms with Crippen molar-refractivity contribution in [3.63, 3.8) is 0 Å². The first-order valence-electron chi connectivity index (χ1n) is 6.35. The highest BCUT2D eigenvalue weighted by atomic mass is 127. The minimum absolute atomic E-state index is 0.0288. The first kappa shape index (κ1) is 15.1. The van der Waals surface area contributed by atoms with Gasteiger partial charge in [0.05, 0.1) is 22.5 Å². The second kappa shape index (κ2) is 5.73. The van der Waals surface area contributed by atoms with E-state index >= 15 is 0 Å². The molecule has 0 saturated carbocycles. The number of aromatic nitrogens is 1. The number of pyridine rings is 1. The van der Waals surface area contributed by atoms with Gasteiger partial charge in [-0.2, -0.15) is 0 Å². The van der Waals surface area contributed by atoms with Crippen molar-refractivity contribution < 1.29 is 9.90 Å². The average Bonchev–Trinajstić information content (AvgIpc) is 2.47. The molecule has 0 aliphatic rings. The molecule has 0 aliphatic carbocycles. The quantitative estimate of drug-likeness (QED) is 0.596. The summed E-state index contributed by atoms with van der Waals surface area (Å²) in [6.45, 7) is 0. The number of rotatable bonds is 2. The standard InChI is InChI=1S/C16H10ClIN2O2/c17-9-3-6-12-11(7-9)13(16(21)22)14(19)15(20-12)8-1-4-10(18)5-2-8/h1-7H,19H2,(H,21,22). The highest BCUT2D eigenvalue weighted by Gasteiger charge is 2.19. The molecule has 0 radical (unpaired) electrons. The fourth-order valence-corrected chi connectivity index (χ4v) is 2.84. The van der Waals surface area contributed by atoms with E-state index in [-0.39, 0.29) is 11.3 Å². The van der Waals surface area contributed by atoms with Crippen LogP contribution >= 0.6 is 34.2 Å². The molecule has 0 aliphatic heterocycles. The minimum Gasteiger partial charge on any atom is -0.478 e. The fourth-order valence-electron chi connectivity index (χ4n) is 2.31. The lowest BCUT2D eigenvalue weighted by molar-refractivity contribution is 0.0700.